The molecule has 1 aromatic rings. The van der Waals surface area contributed by atoms with Gasteiger partial charge in [0.2, 0.25) is 0 Å². The summed E-state index contributed by atoms with van der Waals surface area (Å²) in [7, 11) is 0. The smallest absolute Gasteiger partial charge is 0.870 e. The number of hydrogen-bond donors (Lipinski definition) is 1. The van der Waals surface area contributed by atoms with E-state index in [-0.39, 0.29) is 45.4 Å². The molecule has 5 heteroatoms. The van der Waals surface area contributed by atoms with Crippen LogP contribution in [0.3, 0.4) is 0 Å². The van der Waals surface area contributed by atoms with E-state index in [0.29, 0.717) is 5.69 Å². The van der Waals surface area contributed by atoms with Crippen molar-refractivity contribution in [1.29, 1.82) is 0 Å². The summed E-state index contributed by atoms with van der Waals surface area (Å²) in [5.74, 6) is -0.377. The number of hydrogen-bond acceptors (Lipinski definition) is 2. The third kappa shape index (κ3) is 2.73. The van der Waals surface area contributed by atoms with E-state index in [2.05, 4.69) is 0 Å². The van der Waals surface area contributed by atoms with Gasteiger partial charge in [-0.15, -0.1) is 0 Å². The van der Waals surface area contributed by atoms with Crippen LogP contribution in [-0.4, -0.2) is 0 Å². The number of nitrogen functional groups attached to an aromatic ring is 1. The molecule has 1 rings (SSSR count). The first-order valence-electron chi connectivity index (χ1n) is 2.53. The summed E-state index contributed by atoms with van der Waals surface area (Å²) in [5, 5.41) is 10.9. The number of nitrogens with two attached hydrogens (primary N) is 1. The number of rotatable bonds is 0. The van der Waals surface area contributed by atoms with Gasteiger partial charge in [-0.25, -0.2) is 0 Å². The summed E-state index contributed by atoms with van der Waals surface area (Å²) >= 11 is 10.9. The molecule has 54 valence electrons. The molecule has 0 atom stereocenters. The second-order valence-corrected chi connectivity index (χ2v) is 2.63. The Morgan fingerprint density at radius 2 is 1.55 bits per heavy atom. The molecule has 0 saturated carbocycles. The SMILES string of the molecule is Nc1cc(Cl)c([O-])c(Cl)c1.[Na+]. The van der Waals surface area contributed by atoms with Gasteiger partial charge in [-0.2, -0.15) is 0 Å². The predicted molar refractivity (Wildman–Crippen MR) is 40.3 cm³/mol. The second-order valence-electron chi connectivity index (χ2n) is 1.81. The van der Waals surface area contributed by atoms with Crippen LogP contribution in [0.1, 0.15) is 0 Å². The third-order valence-electron chi connectivity index (χ3n) is 1.02. The molecule has 11 heavy (non-hydrogen) atoms. The van der Waals surface area contributed by atoms with E-state index in [0.717, 1.165) is 0 Å². The first kappa shape index (κ1) is 11.4. The Kier molecular flexibility index (Phi) is 4.59. The predicted octanol–water partition coefficient (Wildman–Crippen LogP) is -1.35. The maximum absolute atomic E-state index is 10.8. The molecule has 0 aromatic heterocycles. The third-order valence-corrected chi connectivity index (χ3v) is 1.58. The summed E-state index contributed by atoms with van der Waals surface area (Å²) in [6, 6.07) is 2.74. The van der Waals surface area contributed by atoms with E-state index in [1.54, 1.807) is 0 Å². The average molecular weight is 200 g/mol. The summed E-state index contributed by atoms with van der Waals surface area (Å²) in [5.41, 5.74) is 5.72. The van der Waals surface area contributed by atoms with Crippen LogP contribution in [0.4, 0.5) is 5.69 Å². The Bertz CT molecular complexity index is 244. The van der Waals surface area contributed by atoms with Gasteiger partial charge in [0.25, 0.3) is 0 Å². The summed E-state index contributed by atoms with van der Waals surface area (Å²) in [6.07, 6.45) is 0. The van der Waals surface area contributed by atoms with Gasteiger partial charge in [-0.3, -0.25) is 0 Å². The average Bonchev–Trinajstić information content (AvgIpc) is 1.82. The molecule has 1 aromatic carbocycles. The summed E-state index contributed by atoms with van der Waals surface area (Å²) < 4.78 is 0. The van der Waals surface area contributed by atoms with Crippen molar-refractivity contribution in [2.24, 2.45) is 0 Å². The number of anilines is 1. The van der Waals surface area contributed by atoms with Crippen LogP contribution in [0.5, 0.6) is 5.75 Å². The van der Waals surface area contributed by atoms with E-state index >= 15 is 0 Å². The molecular formula is C6H4Cl2NNaO. The number of benzene rings is 1. The molecule has 0 fully saturated rings. The molecule has 0 amide bonds. The molecule has 2 nitrogen and oxygen atoms in total. The van der Waals surface area contributed by atoms with Crippen LogP contribution in [0.15, 0.2) is 12.1 Å². The van der Waals surface area contributed by atoms with Crippen molar-refractivity contribution >= 4 is 28.9 Å². The fourth-order valence-corrected chi connectivity index (χ4v) is 1.08. The van der Waals surface area contributed by atoms with E-state index in [1.165, 1.54) is 12.1 Å². The van der Waals surface area contributed by atoms with Crippen LogP contribution in [-0.2, 0) is 0 Å². The van der Waals surface area contributed by atoms with Crippen molar-refractivity contribution in [2.45, 2.75) is 0 Å². The van der Waals surface area contributed by atoms with Crippen LogP contribution in [0.25, 0.3) is 0 Å². The molecule has 0 spiro atoms. The zero-order chi connectivity index (χ0) is 7.72. The summed E-state index contributed by atoms with van der Waals surface area (Å²) in [6.45, 7) is 0. The normalized spacial score (nSPS) is 8.91. The van der Waals surface area contributed by atoms with Gasteiger partial charge in [-0.05, 0) is 12.1 Å². The molecule has 2 N–H and O–H groups in total. The minimum atomic E-state index is -0.377. The first-order valence-corrected chi connectivity index (χ1v) is 3.28. The van der Waals surface area contributed by atoms with Crippen molar-refractivity contribution in [3.05, 3.63) is 22.2 Å². The van der Waals surface area contributed by atoms with Crippen LogP contribution in [0.2, 0.25) is 10.0 Å². The molecule has 0 aliphatic heterocycles. The van der Waals surface area contributed by atoms with Gasteiger partial charge in [-0.1, -0.05) is 29.0 Å². The zero-order valence-electron chi connectivity index (χ0n) is 5.90. The molecule has 0 aliphatic carbocycles. The number of halogens is 2. The van der Waals surface area contributed by atoms with Gasteiger partial charge < -0.3 is 10.8 Å². The first-order chi connectivity index (χ1) is 4.61. The Hall–Kier alpha value is 0.400. The largest absolute Gasteiger partial charge is 1.00 e. The van der Waals surface area contributed by atoms with Gasteiger partial charge >= 0.3 is 29.6 Å². The molecule has 0 bridgehead atoms. The Morgan fingerprint density at radius 3 is 1.91 bits per heavy atom. The maximum Gasteiger partial charge on any atom is 1.00 e. The quantitative estimate of drug-likeness (QED) is 0.416. The second kappa shape index (κ2) is 4.43. The van der Waals surface area contributed by atoms with E-state index in [4.69, 9.17) is 28.9 Å². The van der Waals surface area contributed by atoms with E-state index in [1.807, 2.05) is 0 Å². The van der Waals surface area contributed by atoms with Gasteiger partial charge in [0.15, 0.2) is 0 Å². The fourth-order valence-electron chi connectivity index (χ4n) is 0.579. The Balaban J connectivity index is 0.000001000. The van der Waals surface area contributed by atoms with Crippen molar-refractivity contribution in [3.63, 3.8) is 0 Å². The fraction of sp³-hybridized carbons (Fsp3) is 0. The minimum absolute atomic E-state index is 0. The zero-order valence-corrected chi connectivity index (χ0v) is 9.41. The molecule has 0 aliphatic rings. The van der Waals surface area contributed by atoms with Crippen LogP contribution < -0.4 is 40.4 Å². The monoisotopic (exact) mass is 199 g/mol. The van der Waals surface area contributed by atoms with Crippen molar-refractivity contribution < 1.29 is 34.7 Å². The summed E-state index contributed by atoms with van der Waals surface area (Å²) in [4.78, 5) is 0. The Morgan fingerprint density at radius 1 is 1.18 bits per heavy atom. The topological polar surface area (TPSA) is 49.1 Å². The van der Waals surface area contributed by atoms with Crippen molar-refractivity contribution in [2.75, 3.05) is 5.73 Å². The van der Waals surface area contributed by atoms with E-state index in [9.17, 15) is 5.11 Å². The maximum atomic E-state index is 10.8. The minimum Gasteiger partial charge on any atom is -0.870 e. The molecule has 0 saturated heterocycles. The molecule has 0 heterocycles. The van der Waals surface area contributed by atoms with Crippen LogP contribution >= 0.6 is 23.2 Å². The van der Waals surface area contributed by atoms with E-state index < -0.39 is 0 Å². The molecular weight excluding hydrogens is 196 g/mol. The van der Waals surface area contributed by atoms with Crippen molar-refractivity contribution in [3.8, 4) is 5.75 Å². The Labute approximate surface area is 96.6 Å². The van der Waals surface area contributed by atoms with Crippen molar-refractivity contribution in [1.82, 2.24) is 0 Å². The van der Waals surface area contributed by atoms with Gasteiger partial charge in [0.05, 0.1) is 0 Å². The standard InChI is InChI=1S/C6H5Cl2NO.Na/c7-4-1-3(9)2-5(8)6(4)10;/h1-2,10H,9H2;/q;+1/p-1. The van der Waals surface area contributed by atoms with Gasteiger partial charge in [0.1, 0.15) is 0 Å². The molecule has 0 unspecified atom stereocenters. The van der Waals surface area contributed by atoms with Gasteiger partial charge in [0, 0.05) is 15.7 Å². The van der Waals surface area contributed by atoms with Crippen LogP contribution in [0, 0.1) is 0 Å². The molecule has 0 radical (unpaired) electrons.